The van der Waals surface area contributed by atoms with Gasteiger partial charge in [0.25, 0.3) is 0 Å². The molecule has 0 unspecified atom stereocenters. The van der Waals surface area contributed by atoms with E-state index in [0.29, 0.717) is 16.8 Å². The highest BCUT2D eigenvalue weighted by atomic mass is 16.4. The molecule has 1 heterocycles. The summed E-state index contributed by atoms with van der Waals surface area (Å²) in [7, 11) is 0. The van der Waals surface area contributed by atoms with Gasteiger partial charge in [0.05, 0.1) is 0 Å². The molecule has 4 aromatic rings. The Morgan fingerprint density at radius 1 is 0.696 bits per heavy atom. The summed E-state index contributed by atoms with van der Waals surface area (Å²) in [5, 5.41) is 0. The summed E-state index contributed by atoms with van der Waals surface area (Å²) in [6, 6.07) is 25.1. The van der Waals surface area contributed by atoms with E-state index in [1.165, 1.54) is 0 Å². The van der Waals surface area contributed by atoms with Gasteiger partial charge in [-0.1, -0.05) is 66.7 Å². The first-order valence-corrected chi connectivity index (χ1v) is 7.37. The molecule has 0 radical (unpaired) electrons. The fraction of sp³-hybridized carbons (Fsp3) is 0. The molecule has 0 bridgehead atoms. The summed E-state index contributed by atoms with van der Waals surface area (Å²) < 4.78 is 5.42. The van der Waals surface area contributed by atoms with Crippen LogP contribution in [-0.4, -0.2) is 4.98 Å². The molecule has 0 aliphatic heterocycles. The van der Waals surface area contributed by atoms with Crippen molar-refractivity contribution >= 4 is 11.1 Å². The molecule has 3 aromatic carbocycles. The maximum atomic E-state index is 12.2. The third kappa shape index (κ3) is 2.53. The highest BCUT2D eigenvalue weighted by Gasteiger charge is 2.10. The van der Waals surface area contributed by atoms with E-state index in [2.05, 4.69) is 4.98 Å². The van der Waals surface area contributed by atoms with Gasteiger partial charge in [-0.25, -0.2) is 9.78 Å². The maximum Gasteiger partial charge on any atom is 0.363 e. The standard InChI is InChI=1S/C20H13NO2/c22-20-19(15-9-5-2-6-10-15)21-17-13-16(11-12-18(17)23-20)14-7-3-1-4-8-14/h1-13H. The molecule has 1 aromatic heterocycles. The molecule has 0 aliphatic rings. The largest absolute Gasteiger partial charge is 0.419 e. The smallest absolute Gasteiger partial charge is 0.363 e. The first-order valence-electron chi connectivity index (χ1n) is 7.37. The van der Waals surface area contributed by atoms with Gasteiger partial charge >= 0.3 is 5.63 Å². The van der Waals surface area contributed by atoms with Crippen LogP contribution in [0.25, 0.3) is 33.5 Å². The molecule has 23 heavy (non-hydrogen) atoms. The Kier molecular flexibility index (Phi) is 3.24. The van der Waals surface area contributed by atoms with E-state index < -0.39 is 5.63 Å². The van der Waals surface area contributed by atoms with E-state index in [9.17, 15) is 4.79 Å². The summed E-state index contributed by atoms with van der Waals surface area (Å²) >= 11 is 0. The Balaban J connectivity index is 1.91. The molecule has 0 amide bonds. The van der Waals surface area contributed by atoms with Crippen molar-refractivity contribution in [1.82, 2.24) is 4.98 Å². The molecule has 110 valence electrons. The van der Waals surface area contributed by atoms with Crippen molar-refractivity contribution < 1.29 is 4.42 Å². The highest BCUT2D eigenvalue weighted by molar-refractivity contribution is 5.81. The van der Waals surface area contributed by atoms with E-state index in [-0.39, 0.29) is 0 Å². The van der Waals surface area contributed by atoms with Crippen molar-refractivity contribution in [2.24, 2.45) is 0 Å². The van der Waals surface area contributed by atoms with Crippen molar-refractivity contribution in [3.63, 3.8) is 0 Å². The van der Waals surface area contributed by atoms with Gasteiger partial charge in [0.1, 0.15) is 5.52 Å². The average molecular weight is 299 g/mol. The Hall–Kier alpha value is -3.20. The molecule has 0 aliphatic carbocycles. The van der Waals surface area contributed by atoms with Crippen molar-refractivity contribution in [3.05, 3.63) is 89.3 Å². The number of fused-ring (bicyclic) bond motifs is 1. The van der Waals surface area contributed by atoms with E-state index in [1.54, 1.807) is 6.07 Å². The molecule has 4 rings (SSSR count). The molecule has 0 N–H and O–H groups in total. The van der Waals surface area contributed by atoms with E-state index >= 15 is 0 Å². The minimum Gasteiger partial charge on any atom is -0.419 e. The van der Waals surface area contributed by atoms with Crippen LogP contribution in [0.2, 0.25) is 0 Å². The first kappa shape index (κ1) is 13.5. The predicted octanol–water partition coefficient (Wildman–Crippen LogP) is 4.52. The van der Waals surface area contributed by atoms with Gasteiger partial charge in [0.2, 0.25) is 0 Å². The predicted molar refractivity (Wildman–Crippen MR) is 91.2 cm³/mol. The lowest BCUT2D eigenvalue weighted by atomic mass is 10.1. The summed E-state index contributed by atoms with van der Waals surface area (Å²) in [4.78, 5) is 16.7. The summed E-state index contributed by atoms with van der Waals surface area (Å²) in [6.45, 7) is 0. The second-order valence-corrected chi connectivity index (χ2v) is 5.26. The quantitative estimate of drug-likeness (QED) is 0.546. The molecular formula is C20H13NO2. The van der Waals surface area contributed by atoms with E-state index in [1.807, 2.05) is 72.8 Å². The van der Waals surface area contributed by atoms with Crippen molar-refractivity contribution in [2.75, 3.05) is 0 Å². The van der Waals surface area contributed by atoms with Gasteiger partial charge in [-0.15, -0.1) is 0 Å². The lowest BCUT2D eigenvalue weighted by molar-refractivity contribution is 0.558. The van der Waals surface area contributed by atoms with Gasteiger partial charge < -0.3 is 4.42 Å². The van der Waals surface area contributed by atoms with Crippen LogP contribution in [-0.2, 0) is 0 Å². The molecule has 0 atom stereocenters. The van der Waals surface area contributed by atoms with Crippen LogP contribution in [0.15, 0.2) is 88.1 Å². The van der Waals surface area contributed by atoms with Gasteiger partial charge in [-0.3, -0.25) is 0 Å². The molecule has 0 fully saturated rings. The molecular weight excluding hydrogens is 286 g/mol. The van der Waals surface area contributed by atoms with E-state index in [4.69, 9.17) is 4.42 Å². The first-order chi connectivity index (χ1) is 11.3. The van der Waals surface area contributed by atoms with Crippen LogP contribution in [0, 0.1) is 0 Å². The molecule has 3 nitrogen and oxygen atoms in total. The Bertz CT molecular complexity index is 1020. The number of rotatable bonds is 2. The van der Waals surface area contributed by atoms with Crippen molar-refractivity contribution in [1.29, 1.82) is 0 Å². The normalized spacial score (nSPS) is 10.8. The zero-order valence-electron chi connectivity index (χ0n) is 12.3. The minimum atomic E-state index is -0.420. The summed E-state index contributed by atoms with van der Waals surface area (Å²) in [5.74, 6) is 0. The monoisotopic (exact) mass is 299 g/mol. The Labute approximate surface area is 132 Å². The van der Waals surface area contributed by atoms with Crippen LogP contribution in [0.3, 0.4) is 0 Å². The van der Waals surface area contributed by atoms with Gasteiger partial charge in [0, 0.05) is 5.56 Å². The molecule has 0 saturated heterocycles. The number of aromatic nitrogens is 1. The summed E-state index contributed by atoms with van der Waals surface area (Å²) in [5.41, 5.74) is 3.98. The van der Waals surface area contributed by atoms with Crippen LogP contribution >= 0.6 is 0 Å². The Morgan fingerprint density at radius 2 is 1.35 bits per heavy atom. The van der Waals surface area contributed by atoms with Crippen LogP contribution in [0.5, 0.6) is 0 Å². The second kappa shape index (κ2) is 5.54. The van der Waals surface area contributed by atoms with E-state index in [0.717, 1.165) is 16.7 Å². The second-order valence-electron chi connectivity index (χ2n) is 5.26. The number of nitrogens with zero attached hydrogens (tertiary/aromatic N) is 1. The van der Waals surface area contributed by atoms with Crippen LogP contribution in [0.4, 0.5) is 0 Å². The maximum absolute atomic E-state index is 12.2. The molecule has 0 spiro atoms. The third-order valence-corrected chi connectivity index (χ3v) is 3.74. The highest BCUT2D eigenvalue weighted by Crippen LogP contribution is 2.24. The fourth-order valence-electron chi connectivity index (χ4n) is 2.59. The lowest BCUT2D eigenvalue weighted by Crippen LogP contribution is -2.05. The molecule has 0 saturated carbocycles. The zero-order valence-corrected chi connectivity index (χ0v) is 12.3. The summed E-state index contributed by atoms with van der Waals surface area (Å²) in [6.07, 6.45) is 0. The fourth-order valence-corrected chi connectivity index (χ4v) is 2.59. The number of hydrogen-bond acceptors (Lipinski definition) is 3. The number of hydrogen-bond donors (Lipinski definition) is 0. The minimum absolute atomic E-state index is 0.336. The van der Waals surface area contributed by atoms with Gasteiger partial charge in [0.15, 0.2) is 11.3 Å². The van der Waals surface area contributed by atoms with Crippen LogP contribution in [0.1, 0.15) is 0 Å². The van der Waals surface area contributed by atoms with Crippen molar-refractivity contribution in [3.8, 4) is 22.4 Å². The number of benzene rings is 3. The van der Waals surface area contributed by atoms with Gasteiger partial charge in [-0.05, 0) is 23.3 Å². The van der Waals surface area contributed by atoms with Crippen molar-refractivity contribution in [2.45, 2.75) is 0 Å². The van der Waals surface area contributed by atoms with Gasteiger partial charge in [-0.2, -0.15) is 0 Å². The molecule has 3 heteroatoms. The van der Waals surface area contributed by atoms with Crippen LogP contribution < -0.4 is 5.63 Å². The Morgan fingerprint density at radius 3 is 2.04 bits per heavy atom. The average Bonchev–Trinajstić information content (AvgIpc) is 2.62. The SMILES string of the molecule is O=c1oc2ccc(-c3ccccc3)cc2nc1-c1ccccc1. The topological polar surface area (TPSA) is 43.1 Å². The lowest BCUT2D eigenvalue weighted by Gasteiger charge is -2.05. The zero-order chi connectivity index (χ0) is 15.6. The third-order valence-electron chi connectivity index (χ3n) is 3.74.